The van der Waals surface area contributed by atoms with E-state index in [9.17, 15) is 5.26 Å². The molecule has 0 aliphatic carbocycles. The molecule has 36 heavy (non-hydrogen) atoms. The number of rotatable bonds is 3. The highest BCUT2D eigenvalue weighted by Gasteiger charge is 2.20. The monoisotopic (exact) mass is 476 g/mol. The maximum absolute atomic E-state index is 9.34. The first-order valence-corrected chi connectivity index (χ1v) is 12.7. The highest BCUT2D eigenvalue weighted by molar-refractivity contribution is 7.26. The molecule has 6 aromatic carbocycles. The van der Waals surface area contributed by atoms with Crippen molar-refractivity contribution in [3.8, 4) is 6.07 Å². The van der Waals surface area contributed by atoms with Crippen molar-refractivity contribution in [1.82, 2.24) is 0 Å². The fourth-order valence-corrected chi connectivity index (χ4v) is 6.43. The van der Waals surface area contributed by atoms with Gasteiger partial charge in [0.05, 0.1) is 17.3 Å². The van der Waals surface area contributed by atoms with E-state index in [0.29, 0.717) is 5.56 Å². The normalized spacial score (nSPS) is 11.3. The molecule has 0 aliphatic rings. The Hall–Kier alpha value is -4.65. The second kappa shape index (κ2) is 8.23. The summed E-state index contributed by atoms with van der Waals surface area (Å²) in [6.07, 6.45) is 0. The summed E-state index contributed by atoms with van der Waals surface area (Å²) in [6, 6.07) is 44.7. The Kier molecular flexibility index (Phi) is 4.73. The lowest BCUT2D eigenvalue weighted by atomic mass is 9.98. The lowest BCUT2D eigenvalue weighted by Crippen LogP contribution is -2.10. The lowest BCUT2D eigenvalue weighted by molar-refractivity contribution is 1.30. The van der Waals surface area contributed by atoms with E-state index in [0.717, 1.165) is 17.1 Å². The van der Waals surface area contributed by atoms with Gasteiger partial charge >= 0.3 is 0 Å². The quantitative estimate of drug-likeness (QED) is 0.254. The number of para-hydroxylation sites is 1. The highest BCUT2D eigenvalue weighted by atomic mass is 32.1. The molecule has 0 radical (unpaired) electrons. The molecule has 0 spiro atoms. The summed E-state index contributed by atoms with van der Waals surface area (Å²) in [4.78, 5) is 2.30. The van der Waals surface area contributed by atoms with Crippen LogP contribution in [0.25, 0.3) is 41.7 Å². The molecule has 7 aromatic rings. The van der Waals surface area contributed by atoms with Crippen molar-refractivity contribution >= 4 is 70.1 Å². The Balaban J connectivity index is 1.60. The number of fused-ring (bicyclic) bond motifs is 7. The fraction of sp³-hybridized carbons (Fsp3) is 0. The van der Waals surface area contributed by atoms with Gasteiger partial charge in [0.1, 0.15) is 0 Å². The lowest BCUT2D eigenvalue weighted by Gasteiger charge is -2.27. The molecule has 0 saturated carbocycles. The Morgan fingerprint density at radius 3 is 1.97 bits per heavy atom. The second-order valence-corrected chi connectivity index (χ2v) is 9.99. The van der Waals surface area contributed by atoms with Crippen LogP contribution in [0.2, 0.25) is 0 Å². The van der Waals surface area contributed by atoms with Gasteiger partial charge in [-0.1, -0.05) is 72.8 Å². The standard InChI is InChI=1S/C33H20N2S/c34-21-22-14-17-25(18-15-22)35(24-9-2-1-3-10-24)29-20-31-33(28-13-7-6-12-27(28)29)32-26-11-5-4-8-23(26)16-19-30(32)36-31/h1-20H. The molecule has 0 aliphatic heterocycles. The van der Waals surface area contributed by atoms with Crippen LogP contribution in [-0.2, 0) is 0 Å². The topological polar surface area (TPSA) is 27.0 Å². The van der Waals surface area contributed by atoms with Crippen LogP contribution in [0.15, 0.2) is 121 Å². The van der Waals surface area contributed by atoms with Gasteiger partial charge in [-0.15, -0.1) is 11.3 Å². The van der Waals surface area contributed by atoms with Gasteiger partial charge in [-0.2, -0.15) is 5.26 Å². The van der Waals surface area contributed by atoms with Crippen LogP contribution in [0.3, 0.4) is 0 Å². The summed E-state index contributed by atoms with van der Waals surface area (Å²) in [6.45, 7) is 0. The smallest absolute Gasteiger partial charge is 0.0991 e. The van der Waals surface area contributed by atoms with Crippen LogP contribution in [0.4, 0.5) is 17.1 Å². The Morgan fingerprint density at radius 1 is 0.556 bits per heavy atom. The van der Waals surface area contributed by atoms with Gasteiger partial charge in [0.25, 0.3) is 0 Å². The van der Waals surface area contributed by atoms with E-state index in [4.69, 9.17) is 0 Å². The molecule has 3 heteroatoms. The first-order chi connectivity index (χ1) is 17.8. The fourth-order valence-electron chi connectivity index (χ4n) is 5.26. The van der Waals surface area contributed by atoms with Crippen molar-refractivity contribution in [3.63, 3.8) is 0 Å². The van der Waals surface area contributed by atoms with Crippen LogP contribution in [0.1, 0.15) is 5.56 Å². The van der Waals surface area contributed by atoms with Crippen molar-refractivity contribution in [2.75, 3.05) is 4.90 Å². The minimum Gasteiger partial charge on any atom is -0.310 e. The third kappa shape index (κ3) is 3.16. The molecule has 0 unspecified atom stereocenters. The van der Waals surface area contributed by atoms with Crippen molar-refractivity contribution in [1.29, 1.82) is 5.26 Å². The van der Waals surface area contributed by atoms with Crippen molar-refractivity contribution in [3.05, 3.63) is 127 Å². The summed E-state index contributed by atoms with van der Waals surface area (Å²) in [5, 5.41) is 17.0. The first-order valence-electron chi connectivity index (χ1n) is 11.9. The van der Waals surface area contributed by atoms with Gasteiger partial charge < -0.3 is 4.90 Å². The molecular weight excluding hydrogens is 456 g/mol. The number of thiophene rings is 1. The van der Waals surface area contributed by atoms with Gasteiger partial charge in [0, 0.05) is 36.9 Å². The third-order valence-corrected chi connectivity index (χ3v) is 7.96. The van der Waals surface area contributed by atoms with Crippen LogP contribution >= 0.6 is 11.3 Å². The molecule has 1 heterocycles. The summed E-state index contributed by atoms with van der Waals surface area (Å²) in [5.74, 6) is 0. The summed E-state index contributed by atoms with van der Waals surface area (Å²) < 4.78 is 2.57. The van der Waals surface area contributed by atoms with E-state index in [1.807, 2.05) is 41.7 Å². The second-order valence-electron chi connectivity index (χ2n) is 8.91. The summed E-state index contributed by atoms with van der Waals surface area (Å²) in [7, 11) is 0. The van der Waals surface area contributed by atoms with Crippen molar-refractivity contribution in [2.45, 2.75) is 0 Å². The maximum atomic E-state index is 9.34. The third-order valence-electron chi connectivity index (χ3n) is 6.86. The predicted octanol–water partition coefficient (Wildman–Crippen LogP) is 9.70. The van der Waals surface area contributed by atoms with Gasteiger partial charge in [-0.3, -0.25) is 0 Å². The van der Waals surface area contributed by atoms with Crippen LogP contribution < -0.4 is 4.90 Å². The number of anilines is 3. The molecule has 0 atom stereocenters. The molecule has 7 rings (SSSR count). The minimum absolute atomic E-state index is 0.656. The van der Waals surface area contributed by atoms with E-state index < -0.39 is 0 Å². The Morgan fingerprint density at radius 2 is 1.19 bits per heavy atom. The summed E-state index contributed by atoms with van der Waals surface area (Å²) in [5.41, 5.74) is 3.89. The molecule has 0 fully saturated rings. The number of hydrogen-bond donors (Lipinski definition) is 0. The number of benzene rings is 6. The van der Waals surface area contributed by atoms with Crippen molar-refractivity contribution in [2.24, 2.45) is 0 Å². The number of hydrogen-bond acceptors (Lipinski definition) is 3. The first kappa shape index (κ1) is 20.7. The predicted molar refractivity (Wildman–Crippen MR) is 154 cm³/mol. The van der Waals surface area contributed by atoms with E-state index in [-0.39, 0.29) is 0 Å². The van der Waals surface area contributed by atoms with Crippen LogP contribution in [0, 0.1) is 11.3 Å². The highest BCUT2D eigenvalue weighted by Crippen LogP contribution is 2.47. The molecule has 0 saturated heterocycles. The average Bonchev–Trinajstić information content (AvgIpc) is 3.33. The zero-order valence-electron chi connectivity index (χ0n) is 19.3. The van der Waals surface area contributed by atoms with E-state index >= 15 is 0 Å². The zero-order valence-corrected chi connectivity index (χ0v) is 20.2. The van der Waals surface area contributed by atoms with Crippen LogP contribution in [-0.4, -0.2) is 0 Å². The Bertz CT molecular complexity index is 1940. The molecule has 1 aromatic heterocycles. The zero-order chi connectivity index (χ0) is 24.1. The van der Waals surface area contributed by atoms with E-state index in [1.165, 1.54) is 41.7 Å². The minimum atomic E-state index is 0.656. The average molecular weight is 477 g/mol. The van der Waals surface area contributed by atoms with Gasteiger partial charge in [0.2, 0.25) is 0 Å². The molecule has 168 valence electrons. The van der Waals surface area contributed by atoms with Gasteiger partial charge in [-0.05, 0) is 64.7 Å². The maximum Gasteiger partial charge on any atom is 0.0991 e. The molecule has 0 amide bonds. The van der Waals surface area contributed by atoms with E-state index in [1.54, 1.807) is 0 Å². The SMILES string of the molecule is N#Cc1ccc(N(c2ccccc2)c2cc3sc4ccc5ccccc5c4c3c3ccccc23)cc1. The van der Waals surface area contributed by atoms with E-state index in [2.05, 4.69) is 102 Å². The molecular formula is C33H20N2S. The molecule has 0 N–H and O–H groups in total. The molecule has 0 bridgehead atoms. The Labute approximate surface area is 212 Å². The number of nitrogens with zero attached hydrogens (tertiary/aromatic N) is 2. The summed E-state index contributed by atoms with van der Waals surface area (Å²) >= 11 is 1.85. The van der Waals surface area contributed by atoms with Crippen molar-refractivity contribution < 1.29 is 0 Å². The van der Waals surface area contributed by atoms with Gasteiger partial charge in [0.15, 0.2) is 0 Å². The van der Waals surface area contributed by atoms with Gasteiger partial charge in [-0.25, -0.2) is 0 Å². The number of nitriles is 1. The largest absolute Gasteiger partial charge is 0.310 e. The molecule has 2 nitrogen and oxygen atoms in total. The van der Waals surface area contributed by atoms with Crippen LogP contribution in [0.5, 0.6) is 0 Å².